The molecule has 158 valence electrons. The van der Waals surface area contributed by atoms with Crippen LogP contribution in [-0.2, 0) is 21.2 Å². The average Bonchev–Trinajstić information content (AvgIpc) is 3.54. The summed E-state index contributed by atoms with van der Waals surface area (Å²) in [4.78, 5) is 19.3. The van der Waals surface area contributed by atoms with E-state index in [0.717, 1.165) is 38.5 Å². The van der Waals surface area contributed by atoms with Crippen molar-refractivity contribution >= 4 is 26.5 Å². The van der Waals surface area contributed by atoms with Gasteiger partial charge >= 0.3 is 0 Å². The van der Waals surface area contributed by atoms with E-state index in [0.29, 0.717) is 36.4 Å². The number of amides is 1. The lowest BCUT2D eigenvalue weighted by Gasteiger charge is -2.28. The van der Waals surface area contributed by atoms with Crippen LogP contribution in [0.25, 0.3) is 0 Å². The molecule has 9 nitrogen and oxygen atoms in total. The fourth-order valence-electron chi connectivity index (χ4n) is 3.87. The summed E-state index contributed by atoms with van der Waals surface area (Å²) in [5.41, 5.74) is 0.399. The molecule has 2 fully saturated rings. The normalized spacial score (nSPS) is 21.0. The highest BCUT2D eigenvalue weighted by molar-refractivity contribution is 8.08. The Bertz CT molecular complexity index is 1100. The molecular weight excluding hydrogens is 406 g/mol. The van der Waals surface area contributed by atoms with Crippen LogP contribution < -0.4 is 5.01 Å². The minimum absolute atomic E-state index is 0.0695. The number of carbonyl (C=O) groups is 1. The molecule has 3 aliphatic rings. The Labute approximate surface area is 174 Å². The van der Waals surface area contributed by atoms with E-state index in [1.54, 1.807) is 23.1 Å². The Hall–Kier alpha value is -2.75. The fraction of sp³-hybridized carbons (Fsp3) is 0.500. The van der Waals surface area contributed by atoms with Gasteiger partial charge in [0.2, 0.25) is 20.8 Å². The SMILES string of the molecule is O=C(C1=NN(Cc2nc(C3CC3)no2)c2ccccc2S1(=O)=O)N1CCCCCC1. The first kappa shape index (κ1) is 19.2. The number of anilines is 1. The highest BCUT2D eigenvalue weighted by Crippen LogP contribution is 2.38. The number of nitrogens with zero attached hydrogens (tertiary/aromatic N) is 5. The summed E-state index contributed by atoms with van der Waals surface area (Å²) in [6.07, 6.45) is 5.92. The Kier molecular flexibility index (Phi) is 4.80. The van der Waals surface area contributed by atoms with Crippen molar-refractivity contribution in [3.63, 3.8) is 0 Å². The zero-order valence-electron chi connectivity index (χ0n) is 16.5. The number of hydrogen-bond donors (Lipinski definition) is 0. The van der Waals surface area contributed by atoms with Crippen LogP contribution in [0.2, 0.25) is 0 Å². The molecule has 1 saturated heterocycles. The minimum Gasteiger partial charge on any atom is -0.337 e. The maximum absolute atomic E-state index is 13.2. The molecule has 0 N–H and O–H groups in total. The van der Waals surface area contributed by atoms with E-state index in [2.05, 4.69) is 15.2 Å². The summed E-state index contributed by atoms with van der Waals surface area (Å²) in [6.45, 7) is 1.19. The number of carbonyl (C=O) groups excluding carboxylic acids is 1. The lowest BCUT2D eigenvalue weighted by Crippen LogP contribution is -2.43. The summed E-state index contributed by atoms with van der Waals surface area (Å²) in [5, 5.41) is 9.34. The topological polar surface area (TPSA) is 109 Å². The summed E-state index contributed by atoms with van der Waals surface area (Å²) < 4.78 is 31.8. The number of hydrogen-bond acceptors (Lipinski definition) is 8. The molecule has 3 heterocycles. The second-order valence-electron chi connectivity index (χ2n) is 7.96. The molecule has 2 aliphatic heterocycles. The maximum atomic E-state index is 13.2. The Morgan fingerprint density at radius 2 is 1.83 bits per heavy atom. The molecule has 10 heteroatoms. The van der Waals surface area contributed by atoms with Crippen molar-refractivity contribution in [1.29, 1.82) is 0 Å². The molecule has 0 unspecified atom stereocenters. The summed E-state index contributed by atoms with van der Waals surface area (Å²) in [6, 6.07) is 6.56. The maximum Gasteiger partial charge on any atom is 0.286 e. The number of benzene rings is 1. The third-order valence-electron chi connectivity index (χ3n) is 5.69. The molecule has 2 aromatic rings. The predicted octanol–water partition coefficient (Wildman–Crippen LogP) is 2.46. The van der Waals surface area contributed by atoms with Gasteiger partial charge in [0.25, 0.3) is 5.91 Å². The number of hydrazone groups is 1. The first-order valence-corrected chi connectivity index (χ1v) is 11.8. The number of para-hydroxylation sites is 1. The summed E-state index contributed by atoms with van der Waals surface area (Å²) in [5.74, 6) is 0.824. The molecule has 0 radical (unpaired) electrons. The minimum atomic E-state index is -4.02. The van der Waals surface area contributed by atoms with Crippen molar-refractivity contribution in [3.05, 3.63) is 36.0 Å². The molecule has 1 aromatic heterocycles. The van der Waals surface area contributed by atoms with Gasteiger partial charge in [-0.05, 0) is 37.8 Å². The molecule has 0 bridgehead atoms. The molecule has 1 aromatic carbocycles. The molecule has 1 amide bonds. The van der Waals surface area contributed by atoms with E-state index >= 15 is 0 Å². The van der Waals surface area contributed by atoms with Crippen LogP contribution in [0, 0.1) is 0 Å². The zero-order valence-corrected chi connectivity index (χ0v) is 17.3. The quantitative estimate of drug-likeness (QED) is 0.734. The van der Waals surface area contributed by atoms with Crippen molar-refractivity contribution in [1.82, 2.24) is 15.0 Å². The van der Waals surface area contributed by atoms with Crippen LogP contribution in [0.4, 0.5) is 5.69 Å². The van der Waals surface area contributed by atoms with Gasteiger partial charge in [0, 0.05) is 19.0 Å². The summed E-state index contributed by atoms with van der Waals surface area (Å²) >= 11 is 0. The van der Waals surface area contributed by atoms with Gasteiger partial charge in [-0.2, -0.15) is 10.1 Å². The van der Waals surface area contributed by atoms with Crippen molar-refractivity contribution in [3.8, 4) is 0 Å². The van der Waals surface area contributed by atoms with Gasteiger partial charge in [-0.25, -0.2) is 8.42 Å². The summed E-state index contributed by atoms with van der Waals surface area (Å²) in [7, 11) is -4.02. The second-order valence-corrected chi connectivity index (χ2v) is 9.79. The van der Waals surface area contributed by atoms with Gasteiger partial charge in [0.1, 0.15) is 6.54 Å². The van der Waals surface area contributed by atoms with E-state index < -0.39 is 20.8 Å². The molecular formula is C20H23N5O4S. The van der Waals surface area contributed by atoms with Gasteiger partial charge in [0.15, 0.2) is 5.82 Å². The average molecular weight is 430 g/mol. The first-order chi connectivity index (χ1) is 14.5. The van der Waals surface area contributed by atoms with Crippen LogP contribution in [0.3, 0.4) is 0 Å². The number of likely N-dealkylation sites (tertiary alicyclic amines) is 1. The molecule has 1 saturated carbocycles. The predicted molar refractivity (Wildman–Crippen MR) is 109 cm³/mol. The van der Waals surface area contributed by atoms with E-state index in [4.69, 9.17) is 4.52 Å². The van der Waals surface area contributed by atoms with Crippen molar-refractivity contribution in [2.45, 2.75) is 55.9 Å². The van der Waals surface area contributed by atoms with Crippen molar-refractivity contribution in [2.24, 2.45) is 5.10 Å². The largest absolute Gasteiger partial charge is 0.337 e. The number of aromatic nitrogens is 2. The van der Waals surface area contributed by atoms with Crippen LogP contribution >= 0.6 is 0 Å². The first-order valence-electron chi connectivity index (χ1n) is 10.4. The molecule has 5 rings (SSSR count). The number of sulfone groups is 1. The van der Waals surface area contributed by atoms with Crippen LogP contribution in [0.1, 0.15) is 56.2 Å². The lowest BCUT2D eigenvalue weighted by molar-refractivity contribution is -0.123. The van der Waals surface area contributed by atoms with Crippen molar-refractivity contribution < 1.29 is 17.7 Å². The van der Waals surface area contributed by atoms with E-state index in [1.807, 2.05) is 0 Å². The van der Waals surface area contributed by atoms with Crippen molar-refractivity contribution in [2.75, 3.05) is 18.1 Å². The Morgan fingerprint density at radius 3 is 2.57 bits per heavy atom. The van der Waals surface area contributed by atoms with Crippen LogP contribution in [-0.4, -0.2) is 47.5 Å². The third-order valence-corrected chi connectivity index (χ3v) is 7.38. The zero-order chi connectivity index (χ0) is 20.7. The van der Waals surface area contributed by atoms with Gasteiger partial charge in [0.05, 0.1) is 10.6 Å². The number of fused-ring (bicyclic) bond motifs is 1. The second kappa shape index (κ2) is 7.50. The van der Waals surface area contributed by atoms with Crippen LogP contribution in [0.15, 0.2) is 38.8 Å². The standard InChI is InChI=1S/C20H23N5O4S/c26-20(24-11-5-1-2-6-12-24)19-22-25(13-17-21-18(23-29-17)14-9-10-14)15-7-3-4-8-16(15)30(19,27)28/h3-4,7-8,14H,1-2,5-6,9-13H2. The van der Waals surface area contributed by atoms with Gasteiger partial charge in [-0.3, -0.25) is 9.80 Å². The van der Waals surface area contributed by atoms with Gasteiger partial charge in [-0.15, -0.1) is 0 Å². The lowest BCUT2D eigenvalue weighted by atomic mass is 10.2. The monoisotopic (exact) mass is 429 g/mol. The Balaban J connectivity index is 1.50. The fourth-order valence-corrected chi connectivity index (χ4v) is 5.35. The number of rotatable bonds is 4. The van der Waals surface area contributed by atoms with Gasteiger partial charge in [-0.1, -0.05) is 30.1 Å². The van der Waals surface area contributed by atoms with E-state index in [1.165, 1.54) is 11.1 Å². The van der Waals surface area contributed by atoms with Gasteiger partial charge < -0.3 is 9.42 Å². The van der Waals surface area contributed by atoms with Crippen LogP contribution in [0.5, 0.6) is 0 Å². The third kappa shape index (κ3) is 3.49. The molecule has 1 aliphatic carbocycles. The highest BCUT2D eigenvalue weighted by Gasteiger charge is 2.40. The molecule has 30 heavy (non-hydrogen) atoms. The van der Waals surface area contributed by atoms with E-state index in [9.17, 15) is 13.2 Å². The molecule has 0 atom stereocenters. The smallest absolute Gasteiger partial charge is 0.286 e. The van der Waals surface area contributed by atoms with E-state index in [-0.39, 0.29) is 11.4 Å². The Morgan fingerprint density at radius 1 is 1.10 bits per heavy atom. The highest BCUT2D eigenvalue weighted by atomic mass is 32.2. The molecule has 0 spiro atoms.